The lowest BCUT2D eigenvalue weighted by molar-refractivity contribution is 0.411. The first-order valence-corrected chi connectivity index (χ1v) is 6.92. The summed E-state index contributed by atoms with van der Waals surface area (Å²) in [6.45, 7) is 8.52. The average molecular weight is 294 g/mol. The summed E-state index contributed by atoms with van der Waals surface area (Å²) in [6, 6.07) is 2.30. The lowest BCUT2D eigenvalue weighted by atomic mass is 10.1. The highest BCUT2D eigenvalue weighted by Gasteiger charge is 2.14. The number of aryl methyl sites for hydroxylation is 1. The van der Waals surface area contributed by atoms with Gasteiger partial charge in [0, 0.05) is 24.6 Å². The van der Waals surface area contributed by atoms with Crippen LogP contribution in [0.3, 0.4) is 0 Å². The highest BCUT2D eigenvalue weighted by molar-refractivity contribution is 5.58. The molecule has 0 radical (unpaired) electrons. The molecule has 2 rings (SSSR count). The van der Waals surface area contributed by atoms with Crippen LogP contribution in [-0.2, 0) is 6.42 Å². The number of halogens is 2. The van der Waals surface area contributed by atoms with Crippen LogP contribution in [0.5, 0.6) is 0 Å². The molecule has 0 amide bonds. The molecular formula is C16H20F2N2O. The van der Waals surface area contributed by atoms with Crippen LogP contribution in [0.2, 0.25) is 0 Å². The largest absolute Gasteiger partial charge is 0.441 e. The molecule has 1 aromatic carbocycles. The lowest BCUT2D eigenvalue weighted by Crippen LogP contribution is -2.37. The lowest BCUT2D eigenvalue weighted by Gasteiger charge is -2.19. The van der Waals surface area contributed by atoms with E-state index in [1.54, 1.807) is 6.92 Å². The molecule has 114 valence electrons. The van der Waals surface area contributed by atoms with Gasteiger partial charge in [-0.15, -0.1) is 0 Å². The SMILES string of the molecule is Cc1cc(-c2cnc(CCNC(C)(C)C)o2)c(F)cc1F. The molecule has 21 heavy (non-hydrogen) atoms. The second-order valence-corrected chi connectivity index (χ2v) is 6.13. The molecule has 0 spiro atoms. The van der Waals surface area contributed by atoms with Gasteiger partial charge in [0.05, 0.1) is 11.8 Å². The van der Waals surface area contributed by atoms with Gasteiger partial charge < -0.3 is 9.73 Å². The van der Waals surface area contributed by atoms with Gasteiger partial charge in [-0.25, -0.2) is 13.8 Å². The fourth-order valence-electron chi connectivity index (χ4n) is 1.94. The third kappa shape index (κ3) is 4.11. The summed E-state index contributed by atoms with van der Waals surface area (Å²) < 4.78 is 32.6. The molecule has 0 saturated carbocycles. The van der Waals surface area contributed by atoms with E-state index < -0.39 is 11.6 Å². The molecule has 0 bridgehead atoms. The van der Waals surface area contributed by atoms with Crippen LogP contribution >= 0.6 is 0 Å². The maximum absolute atomic E-state index is 13.8. The summed E-state index contributed by atoms with van der Waals surface area (Å²) in [6.07, 6.45) is 2.08. The van der Waals surface area contributed by atoms with Crippen LogP contribution in [0.4, 0.5) is 8.78 Å². The topological polar surface area (TPSA) is 38.1 Å². The van der Waals surface area contributed by atoms with Gasteiger partial charge in [0.2, 0.25) is 0 Å². The van der Waals surface area contributed by atoms with Gasteiger partial charge in [0.15, 0.2) is 11.7 Å². The van der Waals surface area contributed by atoms with Crippen molar-refractivity contribution in [3.8, 4) is 11.3 Å². The Labute approximate surface area is 123 Å². The summed E-state index contributed by atoms with van der Waals surface area (Å²) in [4.78, 5) is 4.14. The van der Waals surface area contributed by atoms with Gasteiger partial charge >= 0.3 is 0 Å². The first-order valence-electron chi connectivity index (χ1n) is 6.92. The zero-order chi connectivity index (χ0) is 15.6. The molecule has 5 heteroatoms. The van der Waals surface area contributed by atoms with Crippen molar-refractivity contribution in [2.75, 3.05) is 6.54 Å². The molecule has 0 unspecified atom stereocenters. The monoisotopic (exact) mass is 294 g/mol. The Morgan fingerprint density at radius 1 is 1.19 bits per heavy atom. The number of rotatable bonds is 4. The van der Waals surface area contributed by atoms with Gasteiger partial charge in [-0.1, -0.05) is 0 Å². The predicted molar refractivity (Wildman–Crippen MR) is 78.1 cm³/mol. The molecule has 0 atom stereocenters. The summed E-state index contributed by atoms with van der Waals surface area (Å²) in [5, 5.41) is 3.32. The fraction of sp³-hybridized carbons (Fsp3) is 0.438. The molecule has 1 aromatic heterocycles. The molecular weight excluding hydrogens is 274 g/mol. The van der Waals surface area contributed by atoms with E-state index in [2.05, 4.69) is 31.1 Å². The Balaban J connectivity index is 2.11. The number of hydrogen-bond donors (Lipinski definition) is 1. The molecule has 2 aromatic rings. The van der Waals surface area contributed by atoms with Gasteiger partial charge in [0.1, 0.15) is 11.6 Å². The van der Waals surface area contributed by atoms with Gasteiger partial charge in [-0.3, -0.25) is 0 Å². The maximum Gasteiger partial charge on any atom is 0.196 e. The molecule has 3 nitrogen and oxygen atoms in total. The fourth-order valence-corrected chi connectivity index (χ4v) is 1.94. The van der Waals surface area contributed by atoms with Crippen LogP contribution in [0, 0.1) is 18.6 Å². The predicted octanol–water partition coefficient (Wildman–Crippen LogP) is 3.86. The maximum atomic E-state index is 13.8. The van der Waals surface area contributed by atoms with Crippen LogP contribution in [0.15, 0.2) is 22.7 Å². The van der Waals surface area contributed by atoms with Crippen molar-refractivity contribution in [3.63, 3.8) is 0 Å². The van der Waals surface area contributed by atoms with E-state index in [0.717, 1.165) is 6.07 Å². The number of oxazole rings is 1. The first kappa shape index (κ1) is 15.6. The third-order valence-electron chi connectivity index (χ3n) is 3.06. The Morgan fingerprint density at radius 2 is 1.90 bits per heavy atom. The second kappa shape index (κ2) is 5.93. The van der Waals surface area contributed by atoms with Crippen molar-refractivity contribution in [3.05, 3.63) is 41.4 Å². The Morgan fingerprint density at radius 3 is 2.57 bits per heavy atom. The van der Waals surface area contributed by atoms with E-state index in [4.69, 9.17) is 4.42 Å². The Hall–Kier alpha value is -1.75. The third-order valence-corrected chi connectivity index (χ3v) is 3.06. The van der Waals surface area contributed by atoms with E-state index in [-0.39, 0.29) is 11.1 Å². The van der Waals surface area contributed by atoms with Gasteiger partial charge in [0.25, 0.3) is 0 Å². The van der Waals surface area contributed by atoms with E-state index in [9.17, 15) is 8.78 Å². The van der Waals surface area contributed by atoms with Crippen LogP contribution in [0.1, 0.15) is 32.2 Å². The molecule has 0 fully saturated rings. The summed E-state index contributed by atoms with van der Waals surface area (Å²) in [5.74, 6) is -0.358. The van der Waals surface area contributed by atoms with Crippen LogP contribution in [-0.4, -0.2) is 17.1 Å². The van der Waals surface area contributed by atoms with Gasteiger partial charge in [-0.05, 0) is 39.3 Å². The summed E-state index contributed by atoms with van der Waals surface area (Å²) in [7, 11) is 0. The molecule has 0 aliphatic rings. The highest BCUT2D eigenvalue weighted by Crippen LogP contribution is 2.26. The summed E-state index contributed by atoms with van der Waals surface area (Å²) >= 11 is 0. The molecule has 0 saturated heterocycles. The van der Waals surface area contributed by atoms with Gasteiger partial charge in [-0.2, -0.15) is 0 Å². The number of benzene rings is 1. The normalized spacial score (nSPS) is 11.9. The zero-order valence-electron chi connectivity index (χ0n) is 12.8. The quantitative estimate of drug-likeness (QED) is 0.930. The smallest absolute Gasteiger partial charge is 0.196 e. The minimum atomic E-state index is -0.645. The minimum Gasteiger partial charge on any atom is -0.441 e. The van der Waals surface area contributed by atoms with E-state index in [1.165, 1.54) is 12.3 Å². The second-order valence-electron chi connectivity index (χ2n) is 6.13. The van der Waals surface area contributed by atoms with Crippen LogP contribution < -0.4 is 5.32 Å². The first-order chi connectivity index (χ1) is 9.76. The number of aromatic nitrogens is 1. The Bertz CT molecular complexity index is 630. The zero-order valence-corrected chi connectivity index (χ0v) is 12.8. The van der Waals surface area contributed by atoms with Crippen molar-refractivity contribution in [2.24, 2.45) is 0 Å². The van der Waals surface area contributed by atoms with E-state index >= 15 is 0 Å². The average Bonchev–Trinajstić information content (AvgIpc) is 2.81. The van der Waals surface area contributed by atoms with Crippen molar-refractivity contribution >= 4 is 0 Å². The number of nitrogens with one attached hydrogen (secondary N) is 1. The van der Waals surface area contributed by atoms with Crippen molar-refractivity contribution in [1.29, 1.82) is 0 Å². The van der Waals surface area contributed by atoms with Crippen molar-refractivity contribution in [2.45, 2.75) is 39.7 Å². The molecule has 0 aliphatic heterocycles. The van der Waals surface area contributed by atoms with E-state index in [0.29, 0.717) is 30.2 Å². The number of hydrogen-bond acceptors (Lipinski definition) is 3. The van der Waals surface area contributed by atoms with E-state index in [1.807, 2.05) is 0 Å². The molecule has 1 N–H and O–H groups in total. The van der Waals surface area contributed by atoms with Crippen molar-refractivity contribution in [1.82, 2.24) is 10.3 Å². The molecule has 1 heterocycles. The van der Waals surface area contributed by atoms with Crippen LogP contribution in [0.25, 0.3) is 11.3 Å². The standard InChI is InChI=1S/C16H20F2N2O/c1-10-7-11(13(18)8-12(10)17)14-9-19-15(21-14)5-6-20-16(2,3)4/h7-9,20H,5-6H2,1-4H3. The molecule has 0 aliphatic carbocycles. The highest BCUT2D eigenvalue weighted by atomic mass is 19.1. The number of nitrogens with zero attached hydrogens (tertiary/aromatic N) is 1. The van der Waals surface area contributed by atoms with Crippen molar-refractivity contribution < 1.29 is 13.2 Å². The summed E-state index contributed by atoms with van der Waals surface area (Å²) in [5.41, 5.74) is 0.630. The minimum absolute atomic E-state index is 0.0234. The Kier molecular flexibility index (Phi) is 4.42.